The van der Waals surface area contributed by atoms with Gasteiger partial charge in [-0.1, -0.05) is 17.3 Å². The third-order valence-electron chi connectivity index (χ3n) is 3.21. The highest BCUT2D eigenvalue weighted by atomic mass is 32.1. The molecule has 1 aliphatic carbocycles. The Morgan fingerprint density at radius 3 is 2.76 bits per heavy atom. The number of aliphatic hydroxyl groups is 1. The van der Waals surface area contributed by atoms with Gasteiger partial charge in [0, 0.05) is 12.6 Å². The Kier molecular flexibility index (Phi) is 4.06. The molecule has 17 heavy (non-hydrogen) atoms. The van der Waals surface area contributed by atoms with E-state index in [1.54, 1.807) is 11.8 Å². The summed E-state index contributed by atoms with van der Waals surface area (Å²) in [6.45, 7) is 2.21. The lowest BCUT2D eigenvalue weighted by molar-refractivity contribution is 0.0642. The molecule has 6 heteroatoms. The number of rotatable bonds is 4. The van der Waals surface area contributed by atoms with Crippen LogP contribution in [0, 0.1) is 6.92 Å². The van der Waals surface area contributed by atoms with E-state index in [1.165, 1.54) is 12.8 Å². The van der Waals surface area contributed by atoms with Crippen molar-refractivity contribution in [1.29, 1.82) is 0 Å². The van der Waals surface area contributed by atoms with Crippen LogP contribution in [-0.4, -0.2) is 44.7 Å². The second-order valence-electron chi connectivity index (χ2n) is 4.35. The summed E-state index contributed by atoms with van der Waals surface area (Å²) >= 11 is 1.14. The second kappa shape index (κ2) is 5.55. The monoisotopic (exact) mass is 255 g/mol. The number of hydrogen-bond donors (Lipinski definition) is 1. The molecular weight excluding hydrogens is 238 g/mol. The van der Waals surface area contributed by atoms with Crippen LogP contribution in [0.3, 0.4) is 0 Å². The van der Waals surface area contributed by atoms with Gasteiger partial charge in [0.15, 0.2) is 0 Å². The number of aryl methyl sites for hydroxylation is 1. The van der Waals surface area contributed by atoms with E-state index in [0.717, 1.165) is 24.4 Å². The van der Waals surface area contributed by atoms with Crippen molar-refractivity contribution in [1.82, 2.24) is 14.5 Å². The molecule has 0 unspecified atom stereocenters. The van der Waals surface area contributed by atoms with Crippen LogP contribution in [0.15, 0.2) is 0 Å². The molecule has 2 rings (SSSR count). The van der Waals surface area contributed by atoms with Crippen molar-refractivity contribution in [3.8, 4) is 0 Å². The van der Waals surface area contributed by atoms with Crippen LogP contribution in [0.1, 0.15) is 41.0 Å². The molecule has 1 saturated carbocycles. The van der Waals surface area contributed by atoms with Gasteiger partial charge in [-0.25, -0.2) is 0 Å². The zero-order valence-corrected chi connectivity index (χ0v) is 10.7. The fraction of sp³-hybridized carbons (Fsp3) is 0.727. The number of hydrogen-bond acceptors (Lipinski definition) is 5. The van der Waals surface area contributed by atoms with Gasteiger partial charge in [0.25, 0.3) is 5.91 Å². The molecule has 0 spiro atoms. The van der Waals surface area contributed by atoms with E-state index in [9.17, 15) is 4.79 Å². The summed E-state index contributed by atoms with van der Waals surface area (Å²) in [5.41, 5.74) is 0.681. The predicted molar refractivity (Wildman–Crippen MR) is 65.0 cm³/mol. The Morgan fingerprint density at radius 2 is 2.24 bits per heavy atom. The summed E-state index contributed by atoms with van der Waals surface area (Å²) in [6, 6.07) is 0.274. The third kappa shape index (κ3) is 2.63. The smallest absolute Gasteiger partial charge is 0.267 e. The molecular formula is C11H17N3O2S. The Balaban J connectivity index is 2.15. The Bertz CT molecular complexity index is 388. The van der Waals surface area contributed by atoms with Crippen LogP contribution in [0.25, 0.3) is 0 Å². The van der Waals surface area contributed by atoms with Crippen molar-refractivity contribution in [3.63, 3.8) is 0 Å². The number of carbonyl (C=O) groups excluding carboxylic acids is 1. The van der Waals surface area contributed by atoms with Gasteiger partial charge in [0.1, 0.15) is 4.88 Å². The minimum atomic E-state index is -0.0292. The highest BCUT2D eigenvalue weighted by Gasteiger charge is 2.28. The zero-order valence-electron chi connectivity index (χ0n) is 9.93. The molecule has 1 aliphatic rings. The molecule has 1 heterocycles. The fourth-order valence-electron chi connectivity index (χ4n) is 2.33. The first-order valence-corrected chi connectivity index (χ1v) is 6.72. The molecule has 1 N–H and O–H groups in total. The highest BCUT2D eigenvalue weighted by Crippen LogP contribution is 2.25. The molecule has 0 aromatic carbocycles. The molecule has 94 valence electrons. The average molecular weight is 255 g/mol. The Morgan fingerprint density at radius 1 is 1.53 bits per heavy atom. The van der Waals surface area contributed by atoms with Crippen molar-refractivity contribution in [3.05, 3.63) is 10.6 Å². The summed E-state index contributed by atoms with van der Waals surface area (Å²) in [5, 5.41) is 13.0. The van der Waals surface area contributed by atoms with Gasteiger partial charge in [0.05, 0.1) is 12.3 Å². The number of amides is 1. The lowest BCUT2D eigenvalue weighted by atomic mass is 10.2. The standard InChI is InChI=1S/C11H17N3O2S/c1-8-10(17-13-12-8)11(16)14(6-7-15)9-4-2-3-5-9/h9,15H,2-7H2,1H3. The van der Waals surface area contributed by atoms with E-state index in [-0.39, 0.29) is 18.6 Å². The van der Waals surface area contributed by atoms with Crippen molar-refractivity contribution in [2.45, 2.75) is 38.6 Å². The molecule has 1 aromatic heterocycles. The quantitative estimate of drug-likeness (QED) is 0.878. The van der Waals surface area contributed by atoms with Gasteiger partial charge >= 0.3 is 0 Å². The van der Waals surface area contributed by atoms with Gasteiger partial charge in [-0.15, -0.1) is 5.10 Å². The lowest BCUT2D eigenvalue weighted by Gasteiger charge is -2.27. The highest BCUT2D eigenvalue weighted by molar-refractivity contribution is 7.07. The van der Waals surface area contributed by atoms with Crippen LogP contribution >= 0.6 is 11.5 Å². The predicted octanol–water partition coefficient (Wildman–Crippen LogP) is 1.22. The normalized spacial score (nSPS) is 16.4. The maximum absolute atomic E-state index is 12.3. The summed E-state index contributed by atoms with van der Waals surface area (Å²) in [7, 11) is 0. The Hall–Kier alpha value is -1.01. The third-order valence-corrected chi connectivity index (χ3v) is 4.03. The molecule has 0 saturated heterocycles. The van der Waals surface area contributed by atoms with Crippen molar-refractivity contribution in [2.24, 2.45) is 0 Å². The average Bonchev–Trinajstić information content (AvgIpc) is 2.95. The van der Waals surface area contributed by atoms with E-state index in [0.29, 0.717) is 17.1 Å². The van der Waals surface area contributed by atoms with Crippen LogP contribution in [0.5, 0.6) is 0 Å². The van der Waals surface area contributed by atoms with Crippen LogP contribution < -0.4 is 0 Å². The largest absolute Gasteiger partial charge is 0.395 e. The molecule has 5 nitrogen and oxygen atoms in total. The molecule has 0 atom stereocenters. The molecule has 1 amide bonds. The van der Waals surface area contributed by atoms with E-state index >= 15 is 0 Å². The second-order valence-corrected chi connectivity index (χ2v) is 5.10. The maximum Gasteiger partial charge on any atom is 0.267 e. The minimum Gasteiger partial charge on any atom is -0.395 e. The summed E-state index contributed by atoms with van der Waals surface area (Å²) in [5.74, 6) is -0.0292. The van der Waals surface area contributed by atoms with Gasteiger partial charge in [-0.2, -0.15) is 0 Å². The van der Waals surface area contributed by atoms with E-state index < -0.39 is 0 Å². The molecule has 0 bridgehead atoms. The maximum atomic E-state index is 12.3. The number of nitrogens with zero attached hydrogens (tertiary/aromatic N) is 3. The van der Waals surface area contributed by atoms with Crippen molar-refractivity contribution in [2.75, 3.05) is 13.2 Å². The number of carbonyl (C=O) groups is 1. The zero-order chi connectivity index (χ0) is 12.3. The fourth-order valence-corrected chi connectivity index (χ4v) is 2.95. The summed E-state index contributed by atoms with van der Waals surface area (Å²) < 4.78 is 3.79. The molecule has 0 aliphatic heterocycles. The first kappa shape index (κ1) is 12.4. The van der Waals surface area contributed by atoms with Gasteiger partial charge in [0.2, 0.25) is 0 Å². The lowest BCUT2D eigenvalue weighted by Crippen LogP contribution is -2.40. The van der Waals surface area contributed by atoms with E-state index in [1.807, 2.05) is 0 Å². The molecule has 0 radical (unpaired) electrons. The molecule has 1 aromatic rings. The number of aliphatic hydroxyl groups excluding tert-OH is 1. The molecule has 1 fully saturated rings. The van der Waals surface area contributed by atoms with Gasteiger partial charge in [-0.3, -0.25) is 4.79 Å². The van der Waals surface area contributed by atoms with E-state index in [2.05, 4.69) is 9.59 Å². The van der Waals surface area contributed by atoms with Crippen molar-refractivity contribution >= 4 is 17.4 Å². The van der Waals surface area contributed by atoms with Gasteiger partial charge < -0.3 is 10.0 Å². The SMILES string of the molecule is Cc1nnsc1C(=O)N(CCO)C1CCCC1. The number of aromatic nitrogens is 2. The van der Waals surface area contributed by atoms with Crippen LogP contribution in [0.2, 0.25) is 0 Å². The van der Waals surface area contributed by atoms with Crippen LogP contribution in [-0.2, 0) is 0 Å². The first-order valence-electron chi connectivity index (χ1n) is 5.95. The van der Waals surface area contributed by atoms with Crippen molar-refractivity contribution < 1.29 is 9.90 Å². The topological polar surface area (TPSA) is 66.3 Å². The van der Waals surface area contributed by atoms with E-state index in [4.69, 9.17) is 5.11 Å². The minimum absolute atomic E-state index is 0.00746. The first-order chi connectivity index (χ1) is 8.24. The summed E-state index contributed by atoms with van der Waals surface area (Å²) in [6.07, 6.45) is 4.41. The van der Waals surface area contributed by atoms with Gasteiger partial charge in [-0.05, 0) is 31.3 Å². The Labute approximate surface area is 105 Å². The van der Waals surface area contributed by atoms with Crippen LogP contribution in [0.4, 0.5) is 0 Å². The summed E-state index contributed by atoms with van der Waals surface area (Å²) in [4.78, 5) is 14.7.